The molecular weight excluding hydrogens is 184 g/mol. The van der Waals surface area contributed by atoms with Gasteiger partial charge in [0.25, 0.3) is 0 Å². The lowest BCUT2D eigenvalue weighted by Crippen LogP contribution is -2.00. The second-order valence-corrected chi connectivity index (χ2v) is 2.53. The molecule has 0 fully saturated rings. The number of hydrogen-bond donors (Lipinski definition) is 2. The molecule has 0 spiro atoms. The lowest BCUT2D eigenvalue weighted by Gasteiger charge is -1.97. The Kier molecular flexibility index (Phi) is 16.3. The lowest BCUT2D eigenvalue weighted by molar-refractivity contribution is -0.137. The molecule has 0 atom stereocenters. The highest BCUT2D eigenvalue weighted by molar-refractivity contribution is 5.81. The zero-order chi connectivity index (χ0) is 11.2. The van der Waals surface area contributed by atoms with Crippen LogP contribution in [0.3, 0.4) is 0 Å². The van der Waals surface area contributed by atoms with Gasteiger partial charge in [0.2, 0.25) is 0 Å². The van der Waals surface area contributed by atoms with Gasteiger partial charge < -0.3 is 14.9 Å². The van der Waals surface area contributed by atoms with Gasteiger partial charge >= 0.3 is 5.97 Å². The summed E-state index contributed by atoms with van der Waals surface area (Å²) in [6, 6.07) is 0. The molecule has 0 rings (SSSR count). The van der Waals surface area contributed by atoms with Gasteiger partial charge in [-0.1, -0.05) is 19.9 Å². The van der Waals surface area contributed by atoms with E-state index in [0.717, 1.165) is 12.8 Å². The van der Waals surface area contributed by atoms with Gasteiger partial charge in [0.15, 0.2) is 0 Å². The highest BCUT2D eigenvalue weighted by Crippen LogP contribution is 1.88. The Bertz CT molecular complexity index is 132. The monoisotopic (exact) mass is 204 g/mol. The van der Waals surface area contributed by atoms with E-state index in [9.17, 15) is 4.79 Å². The normalized spacial score (nSPS) is 8.50. The number of carbonyl (C=O) groups is 1. The maximum Gasteiger partial charge on any atom is 0.330 e. The van der Waals surface area contributed by atoms with E-state index < -0.39 is 0 Å². The van der Waals surface area contributed by atoms with Gasteiger partial charge in [-0.3, -0.25) is 0 Å². The molecule has 0 amide bonds. The summed E-state index contributed by atoms with van der Waals surface area (Å²) in [6.07, 6.45) is 3.65. The van der Waals surface area contributed by atoms with Crippen LogP contribution in [-0.4, -0.2) is 36.0 Å². The molecule has 0 aliphatic heterocycles. The Morgan fingerprint density at radius 1 is 1.36 bits per heavy atom. The van der Waals surface area contributed by atoms with Gasteiger partial charge in [-0.25, -0.2) is 4.79 Å². The van der Waals surface area contributed by atoms with E-state index in [2.05, 4.69) is 11.3 Å². The summed E-state index contributed by atoms with van der Waals surface area (Å²) in [5.41, 5.74) is 0. The van der Waals surface area contributed by atoms with E-state index in [1.54, 1.807) is 0 Å². The van der Waals surface area contributed by atoms with Gasteiger partial charge in [-0.2, -0.15) is 0 Å². The highest BCUT2D eigenvalue weighted by atomic mass is 16.5. The summed E-state index contributed by atoms with van der Waals surface area (Å²) in [5.74, 6) is -0.330. The van der Waals surface area contributed by atoms with Gasteiger partial charge in [-0.15, -0.1) is 0 Å². The summed E-state index contributed by atoms with van der Waals surface area (Å²) in [6.45, 7) is 6.01. The zero-order valence-electron chi connectivity index (χ0n) is 8.74. The Morgan fingerprint density at radius 2 is 1.93 bits per heavy atom. The van der Waals surface area contributed by atoms with Crippen molar-refractivity contribution in [2.24, 2.45) is 0 Å². The molecule has 0 radical (unpaired) electrons. The summed E-state index contributed by atoms with van der Waals surface area (Å²) < 4.78 is 4.67. The fraction of sp³-hybridized carbons (Fsp3) is 0.700. The quantitative estimate of drug-likeness (QED) is 0.383. The lowest BCUT2D eigenvalue weighted by atomic mass is 10.4. The summed E-state index contributed by atoms with van der Waals surface area (Å²) in [4.78, 5) is 10.3. The topological polar surface area (TPSA) is 66.8 Å². The number of rotatable bonds is 6. The number of unbranched alkanes of at least 4 members (excludes halogenated alkanes) is 1. The van der Waals surface area contributed by atoms with Crippen LogP contribution in [-0.2, 0) is 9.53 Å². The van der Waals surface area contributed by atoms with Gasteiger partial charge in [0.05, 0.1) is 6.61 Å². The van der Waals surface area contributed by atoms with Crippen LogP contribution in [0.4, 0.5) is 0 Å². The zero-order valence-corrected chi connectivity index (χ0v) is 8.74. The van der Waals surface area contributed by atoms with E-state index in [1.807, 2.05) is 6.92 Å². The minimum Gasteiger partial charge on any atom is -0.463 e. The first-order valence-corrected chi connectivity index (χ1v) is 4.73. The molecule has 0 saturated heterocycles. The van der Waals surface area contributed by atoms with Crippen LogP contribution in [0.15, 0.2) is 12.7 Å². The predicted octanol–water partition coefficient (Wildman–Crippen LogP) is 0.877. The van der Waals surface area contributed by atoms with E-state index in [1.165, 1.54) is 6.08 Å². The SMILES string of the molecule is C=CC(=O)OCCCC.OCCCO. The van der Waals surface area contributed by atoms with Gasteiger partial charge in [-0.05, 0) is 12.8 Å². The number of carbonyl (C=O) groups excluding carboxylic acids is 1. The molecule has 0 aromatic heterocycles. The maximum atomic E-state index is 10.3. The number of ether oxygens (including phenoxy) is 1. The van der Waals surface area contributed by atoms with E-state index in [4.69, 9.17) is 10.2 Å². The Labute approximate surface area is 85.2 Å². The first kappa shape index (κ1) is 15.6. The van der Waals surface area contributed by atoms with Crippen molar-refractivity contribution in [1.82, 2.24) is 0 Å². The summed E-state index contributed by atoms with van der Waals surface area (Å²) in [7, 11) is 0. The van der Waals surface area contributed by atoms with Crippen LogP contribution < -0.4 is 0 Å². The Hall–Kier alpha value is -0.870. The third-order valence-corrected chi connectivity index (χ3v) is 1.23. The van der Waals surface area contributed by atoms with Crippen molar-refractivity contribution in [3.05, 3.63) is 12.7 Å². The molecule has 84 valence electrons. The molecular formula is C10H20O4. The molecule has 0 aromatic carbocycles. The van der Waals surface area contributed by atoms with Crippen molar-refractivity contribution in [2.45, 2.75) is 26.2 Å². The van der Waals surface area contributed by atoms with Crippen molar-refractivity contribution in [1.29, 1.82) is 0 Å². The number of hydrogen-bond acceptors (Lipinski definition) is 4. The second-order valence-electron chi connectivity index (χ2n) is 2.53. The molecule has 0 aliphatic carbocycles. The van der Waals surface area contributed by atoms with E-state index in [-0.39, 0.29) is 19.2 Å². The first-order chi connectivity index (χ1) is 6.72. The number of esters is 1. The third-order valence-electron chi connectivity index (χ3n) is 1.23. The fourth-order valence-corrected chi connectivity index (χ4v) is 0.447. The summed E-state index contributed by atoms with van der Waals surface area (Å²) in [5, 5.41) is 15.8. The molecule has 0 heterocycles. The molecule has 0 bridgehead atoms. The molecule has 4 heteroatoms. The first-order valence-electron chi connectivity index (χ1n) is 4.73. The molecule has 0 saturated carbocycles. The van der Waals surface area contributed by atoms with Crippen LogP contribution in [0.1, 0.15) is 26.2 Å². The van der Waals surface area contributed by atoms with Crippen LogP contribution >= 0.6 is 0 Å². The standard InChI is InChI=1S/C7H12O2.C3H8O2/c1-3-5-6-9-7(8)4-2;4-2-1-3-5/h4H,2-3,5-6H2,1H3;4-5H,1-3H2. The smallest absolute Gasteiger partial charge is 0.330 e. The fourth-order valence-electron chi connectivity index (χ4n) is 0.447. The second kappa shape index (κ2) is 14.6. The van der Waals surface area contributed by atoms with Crippen LogP contribution in [0.5, 0.6) is 0 Å². The average Bonchev–Trinajstić information content (AvgIpc) is 2.20. The Balaban J connectivity index is 0. The van der Waals surface area contributed by atoms with Crippen LogP contribution in [0.25, 0.3) is 0 Å². The van der Waals surface area contributed by atoms with Crippen molar-refractivity contribution in [3.63, 3.8) is 0 Å². The molecule has 0 aromatic rings. The molecule has 0 aliphatic rings. The van der Waals surface area contributed by atoms with Crippen molar-refractivity contribution >= 4 is 5.97 Å². The molecule has 0 unspecified atom stereocenters. The van der Waals surface area contributed by atoms with Crippen LogP contribution in [0.2, 0.25) is 0 Å². The minimum atomic E-state index is -0.330. The van der Waals surface area contributed by atoms with Gasteiger partial charge in [0, 0.05) is 19.3 Å². The highest BCUT2D eigenvalue weighted by Gasteiger charge is 1.91. The van der Waals surface area contributed by atoms with Crippen molar-refractivity contribution in [2.75, 3.05) is 19.8 Å². The molecule has 4 nitrogen and oxygen atoms in total. The van der Waals surface area contributed by atoms with Crippen LogP contribution in [0, 0.1) is 0 Å². The van der Waals surface area contributed by atoms with E-state index >= 15 is 0 Å². The van der Waals surface area contributed by atoms with Crippen molar-refractivity contribution < 1.29 is 19.7 Å². The number of aliphatic hydroxyl groups excluding tert-OH is 2. The average molecular weight is 204 g/mol. The largest absolute Gasteiger partial charge is 0.463 e. The summed E-state index contributed by atoms with van der Waals surface area (Å²) >= 11 is 0. The third kappa shape index (κ3) is 17.3. The minimum absolute atomic E-state index is 0.0938. The Morgan fingerprint density at radius 3 is 2.21 bits per heavy atom. The van der Waals surface area contributed by atoms with Crippen molar-refractivity contribution in [3.8, 4) is 0 Å². The molecule has 14 heavy (non-hydrogen) atoms. The maximum absolute atomic E-state index is 10.3. The van der Waals surface area contributed by atoms with E-state index in [0.29, 0.717) is 13.0 Å². The van der Waals surface area contributed by atoms with Gasteiger partial charge in [0.1, 0.15) is 0 Å². The predicted molar refractivity (Wildman–Crippen MR) is 54.9 cm³/mol. The molecule has 2 N–H and O–H groups in total. The number of aliphatic hydroxyl groups is 2.